The van der Waals surface area contributed by atoms with Crippen molar-refractivity contribution in [2.45, 2.75) is 13.8 Å². The Labute approximate surface area is 138 Å². The van der Waals surface area contributed by atoms with Crippen molar-refractivity contribution in [2.24, 2.45) is 0 Å². The highest BCUT2D eigenvalue weighted by atomic mass is 32.1. The fraction of sp³-hybridized carbons (Fsp3) is 0.294. The Morgan fingerprint density at radius 2 is 1.78 bits per heavy atom. The predicted octanol–water partition coefficient (Wildman–Crippen LogP) is 3.42. The lowest BCUT2D eigenvalue weighted by molar-refractivity contribution is 0.0473. The Bertz CT molecular complexity index is 733. The highest BCUT2D eigenvalue weighted by Crippen LogP contribution is 2.25. The number of methoxy groups -OCH3 is 2. The molecule has 0 radical (unpaired) electrons. The molecule has 2 rings (SSSR count). The average Bonchev–Trinajstić information content (AvgIpc) is 2.90. The number of ketones is 1. The molecule has 0 bridgehead atoms. The van der Waals surface area contributed by atoms with E-state index < -0.39 is 5.97 Å². The number of ether oxygens (including phenoxy) is 3. The Hall–Kier alpha value is -2.34. The second-order valence-electron chi connectivity index (χ2n) is 4.89. The molecule has 1 aromatic carbocycles. The average molecular weight is 334 g/mol. The molecule has 0 aliphatic carbocycles. The minimum absolute atomic E-state index is 0.317. The first-order chi connectivity index (χ1) is 11.0. The topological polar surface area (TPSA) is 61.8 Å². The summed E-state index contributed by atoms with van der Waals surface area (Å²) in [5.74, 6) is 0.0972. The summed E-state index contributed by atoms with van der Waals surface area (Å²) in [5, 5.41) is 0. The van der Waals surface area contributed by atoms with E-state index in [1.54, 1.807) is 24.3 Å². The van der Waals surface area contributed by atoms with Gasteiger partial charge >= 0.3 is 5.97 Å². The van der Waals surface area contributed by atoms with E-state index in [9.17, 15) is 9.59 Å². The normalized spacial score (nSPS) is 10.3. The number of rotatable bonds is 6. The molecule has 0 fully saturated rings. The molecule has 0 saturated carbocycles. The third-order valence-corrected chi connectivity index (χ3v) is 4.27. The molecule has 6 heteroatoms. The second kappa shape index (κ2) is 7.28. The zero-order valence-corrected chi connectivity index (χ0v) is 14.3. The van der Waals surface area contributed by atoms with E-state index in [4.69, 9.17) is 14.2 Å². The van der Waals surface area contributed by atoms with Gasteiger partial charge in [0.2, 0.25) is 5.78 Å². The summed E-state index contributed by atoms with van der Waals surface area (Å²) in [4.78, 5) is 26.3. The Kier molecular flexibility index (Phi) is 5.39. The standard InChI is InChI=1S/C17H18O5S/c1-10-7-13(11(2)23-10)17(19)22-9-15(18)14-8-12(20-3)5-6-16(14)21-4/h5-8H,9H2,1-4H3. The van der Waals surface area contributed by atoms with Gasteiger partial charge in [-0.1, -0.05) is 0 Å². The first kappa shape index (κ1) is 17.0. The van der Waals surface area contributed by atoms with Gasteiger partial charge in [-0.2, -0.15) is 0 Å². The van der Waals surface area contributed by atoms with Crippen LogP contribution < -0.4 is 9.47 Å². The minimum atomic E-state index is -0.498. The van der Waals surface area contributed by atoms with E-state index in [-0.39, 0.29) is 12.4 Å². The molecule has 0 unspecified atom stereocenters. The number of thiophene rings is 1. The number of aryl methyl sites for hydroxylation is 2. The molecule has 5 nitrogen and oxygen atoms in total. The first-order valence-electron chi connectivity index (χ1n) is 6.95. The van der Waals surface area contributed by atoms with Crippen molar-refractivity contribution in [3.05, 3.63) is 45.1 Å². The fourth-order valence-electron chi connectivity index (χ4n) is 2.15. The van der Waals surface area contributed by atoms with Crippen LogP contribution in [0.25, 0.3) is 0 Å². The van der Waals surface area contributed by atoms with Gasteiger partial charge < -0.3 is 14.2 Å². The van der Waals surface area contributed by atoms with Gasteiger partial charge in [-0.05, 0) is 38.1 Å². The van der Waals surface area contributed by atoms with E-state index in [1.807, 2.05) is 13.8 Å². The van der Waals surface area contributed by atoms with Crippen LogP contribution in [0.5, 0.6) is 11.5 Å². The predicted molar refractivity (Wildman–Crippen MR) is 88.0 cm³/mol. The van der Waals surface area contributed by atoms with Crippen LogP contribution in [0, 0.1) is 13.8 Å². The lowest BCUT2D eigenvalue weighted by Gasteiger charge is -2.10. The fourth-order valence-corrected chi connectivity index (χ4v) is 3.06. The van der Waals surface area contributed by atoms with Crippen molar-refractivity contribution in [2.75, 3.05) is 20.8 Å². The Balaban J connectivity index is 2.10. The SMILES string of the molecule is COc1ccc(OC)c(C(=O)COC(=O)c2cc(C)sc2C)c1. The maximum absolute atomic E-state index is 12.3. The van der Waals surface area contributed by atoms with E-state index >= 15 is 0 Å². The van der Waals surface area contributed by atoms with E-state index in [1.165, 1.54) is 25.6 Å². The van der Waals surface area contributed by atoms with Crippen LogP contribution in [-0.2, 0) is 4.74 Å². The molecule has 0 spiro atoms. The van der Waals surface area contributed by atoms with Crippen LogP contribution in [0.2, 0.25) is 0 Å². The summed E-state index contributed by atoms with van der Waals surface area (Å²) in [7, 11) is 2.99. The van der Waals surface area contributed by atoms with Crippen molar-refractivity contribution in [3.63, 3.8) is 0 Å². The van der Waals surface area contributed by atoms with Crippen LogP contribution in [0.3, 0.4) is 0 Å². The molecule has 0 atom stereocenters. The van der Waals surface area contributed by atoms with Gasteiger partial charge in [-0.3, -0.25) is 4.79 Å². The molecule has 0 saturated heterocycles. The van der Waals surface area contributed by atoms with Crippen molar-refractivity contribution in [3.8, 4) is 11.5 Å². The Morgan fingerprint density at radius 3 is 2.35 bits per heavy atom. The summed E-state index contributed by atoms with van der Waals surface area (Å²) >= 11 is 1.52. The molecule has 23 heavy (non-hydrogen) atoms. The summed E-state index contributed by atoms with van der Waals surface area (Å²) in [6.45, 7) is 3.42. The molecule has 0 amide bonds. The number of hydrogen-bond donors (Lipinski definition) is 0. The van der Waals surface area contributed by atoms with Gasteiger partial charge in [0.1, 0.15) is 11.5 Å². The number of carbonyl (C=O) groups is 2. The van der Waals surface area contributed by atoms with E-state index in [0.29, 0.717) is 22.6 Å². The highest BCUT2D eigenvalue weighted by Gasteiger charge is 2.18. The van der Waals surface area contributed by atoms with Gasteiger partial charge in [0.15, 0.2) is 6.61 Å². The number of hydrogen-bond acceptors (Lipinski definition) is 6. The van der Waals surface area contributed by atoms with Gasteiger partial charge in [-0.15, -0.1) is 11.3 Å². The van der Waals surface area contributed by atoms with Crippen molar-refractivity contribution >= 4 is 23.1 Å². The van der Waals surface area contributed by atoms with Gasteiger partial charge in [0.25, 0.3) is 0 Å². The smallest absolute Gasteiger partial charge is 0.339 e. The molecule has 1 aromatic heterocycles. The van der Waals surface area contributed by atoms with E-state index in [2.05, 4.69) is 0 Å². The molecular formula is C17H18O5S. The summed E-state index contributed by atoms with van der Waals surface area (Å²) in [6.07, 6.45) is 0. The van der Waals surface area contributed by atoms with Crippen molar-refractivity contribution < 1.29 is 23.8 Å². The molecule has 2 aromatic rings. The largest absolute Gasteiger partial charge is 0.497 e. The molecule has 0 aliphatic heterocycles. The molecule has 0 N–H and O–H groups in total. The number of carbonyl (C=O) groups excluding carboxylic acids is 2. The van der Waals surface area contributed by atoms with Crippen LogP contribution in [-0.4, -0.2) is 32.6 Å². The van der Waals surface area contributed by atoms with Crippen molar-refractivity contribution in [1.29, 1.82) is 0 Å². The minimum Gasteiger partial charge on any atom is -0.497 e. The van der Waals surface area contributed by atoms with Crippen LogP contribution >= 0.6 is 11.3 Å². The number of Topliss-reactive ketones (excluding diaryl/α,β-unsaturated/α-hetero) is 1. The summed E-state index contributed by atoms with van der Waals surface area (Å²) in [5.41, 5.74) is 0.816. The zero-order valence-electron chi connectivity index (χ0n) is 13.5. The van der Waals surface area contributed by atoms with Crippen LogP contribution in [0.15, 0.2) is 24.3 Å². The lowest BCUT2D eigenvalue weighted by Crippen LogP contribution is -2.15. The molecular weight excluding hydrogens is 316 g/mol. The van der Waals surface area contributed by atoms with E-state index in [0.717, 1.165) is 9.75 Å². The number of benzene rings is 1. The molecule has 1 heterocycles. The van der Waals surface area contributed by atoms with Gasteiger partial charge in [0, 0.05) is 9.75 Å². The summed E-state index contributed by atoms with van der Waals surface area (Å²) in [6, 6.07) is 6.66. The zero-order chi connectivity index (χ0) is 17.0. The quantitative estimate of drug-likeness (QED) is 0.598. The molecule has 0 aliphatic rings. The third-order valence-electron chi connectivity index (χ3n) is 3.30. The summed E-state index contributed by atoms with van der Waals surface area (Å²) < 4.78 is 15.4. The maximum Gasteiger partial charge on any atom is 0.339 e. The monoisotopic (exact) mass is 334 g/mol. The highest BCUT2D eigenvalue weighted by molar-refractivity contribution is 7.12. The van der Waals surface area contributed by atoms with Gasteiger partial charge in [0.05, 0.1) is 25.3 Å². The third kappa shape index (κ3) is 3.90. The number of esters is 1. The second-order valence-corrected chi connectivity index (χ2v) is 6.35. The maximum atomic E-state index is 12.3. The van der Waals surface area contributed by atoms with Crippen molar-refractivity contribution in [1.82, 2.24) is 0 Å². The first-order valence-corrected chi connectivity index (χ1v) is 7.77. The van der Waals surface area contributed by atoms with Crippen LogP contribution in [0.1, 0.15) is 30.5 Å². The van der Waals surface area contributed by atoms with Gasteiger partial charge in [-0.25, -0.2) is 4.79 Å². The molecule has 122 valence electrons. The van der Waals surface area contributed by atoms with Crippen LogP contribution in [0.4, 0.5) is 0 Å². The Morgan fingerprint density at radius 1 is 1.04 bits per heavy atom. The lowest BCUT2D eigenvalue weighted by atomic mass is 10.1.